The van der Waals surface area contributed by atoms with Crippen molar-refractivity contribution in [3.63, 3.8) is 0 Å². The molecule has 152 valence electrons. The molecule has 1 saturated heterocycles. The summed E-state index contributed by atoms with van der Waals surface area (Å²) in [5.41, 5.74) is 0.225. The zero-order chi connectivity index (χ0) is 18.7. The van der Waals surface area contributed by atoms with Crippen LogP contribution in [0.25, 0.3) is 0 Å². The molecule has 0 bridgehead atoms. The third-order valence-corrected chi connectivity index (χ3v) is 6.35. The number of hydrogen-bond donors (Lipinski definition) is 1. The van der Waals surface area contributed by atoms with Crippen molar-refractivity contribution in [3.8, 4) is 17.6 Å². The summed E-state index contributed by atoms with van der Waals surface area (Å²) in [5, 5.41) is 13.0. The average Bonchev–Trinajstić information content (AvgIpc) is 2.65. The lowest BCUT2D eigenvalue weighted by Gasteiger charge is -2.27. The van der Waals surface area contributed by atoms with Crippen LogP contribution >= 0.6 is 48.0 Å². The molecule has 1 fully saturated rings. The summed E-state index contributed by atoms with van der Waals surface area (Å²) < 4.78 is 33.3. The van der Waals surface area contributed by atoms with E-state index in [1.807, 2.05) is 6.07 Å². The Morgan fingerprint density at radius 3 is 2.36 bits per heavy atom. The highest BCUT2D eigenvalue weighted by atomic mass is 35.5. The highest BCUT2D eigenvalue weighted by molar-refractivity contribution is 7.89. The van der Waals surface area contributed by atoms with Gasteiger partial charge in [0, 0.05) is 37.3 Å². The molecule has 1 heterocycles. The molecule has 0 amide bonds. The number of ether oxygens (including phenoxy) is 1. The van der Waals surface area contributed by atoms with Crippen molar-refractivity contribution >= 4 is 58.0 Å². The maximum atomic E-state index is 13.1. The van der Waals surface area contributed by atoms with E-state index in [9.17, 15) is 8.42 Å². The molecule has 1 aliphatic heterocycles. The lowest BCUT2D eigenvalue weighted by Crippen LogP contribution is -2.46. The van der Waals surface area contributed by atoms with E-state index in [1.54, 1.807) is 12.1 Å². The molecule has 0 aromatic heterocycles. The molecule has 0 aliphatic carbocycles. The van der Waals surface area contributed by atoms with Crippen LogP contribution in [0.2, 0.25) is 10.0 Å². The topological polar surface area (TPSA) is 82.4 Å². The molecule has 3 rings (SSSR count). The van der Waals surface area contributed by atoms with E-state index in [0.29, 0.717) is 36.2 Å². The van der Waals surface area contributed by atoms with E-state index < -0.39 is 10.0 Å². The first-order valence-corrected chi connectivity index (χ1v) is 9.99. The number of halogens is 4. The molecule has 1 N–H and O–H groups in total. The maximum Gasteiger partial charge on any atom is 0.246 e. The minimum atomic E-state index is -3.83. The molecule has 2 aromatic carbocycles. The highest BCUT2D eigenvalue weighted by Crippen LogP contribution is 2.36. The van der Waals surface area contributed by atoms with E-state index >= 15 is 0 Å². The number of sulfonamides is 1. The second-order valence-electron chi connectivity index (χ2n) is 5.60. The van der Waals surface area contributed by atoms with Gasteiger partial charge in [-0.15, -0.1) is 24.8 Å². The van der Waals surface area contributed by atoms with Crippen LogP contribution in [0.4, 0.5) is 0 Å². The Labute approximate surface area is 186 Å². The Bertz CT molecular complexity index is 974. The number of nitrogens with one attached hydrogen (secondary N) is 1. The van der Waals surface area contributed by atoms with Crippen LogP contribution in [0, 0.1) is 11.3 Å². The smallest absolute Gasteiger partial charge is 0.246 e. The SMILES string of the molecule is Cl.Cl.N#Cc1ccc(Oc2cc(Cl)ccc2Cl)c(S(=O)(=O)N2CCNCC2)c1. The van der Waals surface area contributed by atoms with Crippen molar-refractivity contribution in [1.82, 2.24) is 9.62 Å². The van der Waals surface area contributed by atoms with Gasteiger partial charge >= 0.3 is 0 Å². The molecule has 0 saturated carbocycles. The van der Waals surface area contributed by atoms with Crippen molar-refractivity contribution in [3.05, 3.63) is 52.0 Å². The van der Waals surface area contributed by atoms with Gasteiger partial charge in [0.05, 0.1) is 16.7 Å². The van der Waals surface area contributed by atoms with E-state index in [2.05, 4.69) is 5.32 Å². The lowest BCUT2D eigenvalue weighted by molar-refractivity contribution is 0.358. The fourth-order valence-corrected chi connectivity index (χ4v) is 4.46. The molecule has 6 nitrogen and oxygen atoms in total. The van der Waals surface area contributed by atoms with Crippen molar-refractivity contribution in [2.24, 2.45) is 0 Å². The first-order chi connectivity index (χ1) is 12.4. The van der Waals surface area contributed by atoms with Crippen molar-refractivity contribution < 1.29 is 13.2 Å². The Morgan fingerprint density at radius 2 is 1.71 bits per heavy atom. The molecule has 0 unspecified atom stereocenters. The molecule has 1 aliphatic rings. The quantitative estimate of drug-likeness (QED) is 0.706. The van der Waals surface area contributed by atoms with Gasteiger partial charge in [-0.2, -0.15) is 9.57 Å². The molecule has 11 heteroatoms. The number of piperazine rings is 1. The monoisotopic (exact) mass is 483 g/mol. The third-order valence-electron chi connectivity index (χ3n) is 3.88. The van der Waals surface area contributed by atoms with Gasteiger partial charge in [-0.3, -0.25) is 0 Å². The van der Waals surface area contributed by atoms with Crippen LogP contribution < -0.4 is 10.1 Å². The van der Waals surface area contributed by atoms with Gasteiger partial charge in [0.25, 0.3) is 0 Å². The molecule has 0 spiro atoms. The minimum absolute atomic E-state index is 0. The van der Waals surface area contributed by atoms with Gasteiger partial charge in [-0.1, -0.05) is 23.2 Å². The van der Waals surface area contributed by atoms with Crippen LogP contribution in [0.3, 0.4) is 0 Å². The second kappa shape index (κ2) is 10.5. The number of hydrogen-bond acceptors (Lipinski definition) is 5. The van der Waals surface area contributed by atoms with Gasteiger partial charge in [0.1, 0.15) is 16.4 Å². The predicted octanol–water partition coefficient (Wildman–Crippen LogP) is 4.09. The highest BCUT2D eigenvalue weighted by Gasteiger charge is 2.29. The Morgan fingerprint density at radius 1 is 1.04 bits per heavy atom. The summed E-state index contributed by atoms with van der Waals surface area (Å²) in [6, 6.07) is 10.9. The number of nitrogens with zero attached hydrogens (tertiary/aromatic N) is 2. The number of rotatable bonds is 4. The number of benzene rings is 2. The number of nitriles is 1. The summed E-state index contributed by atoms with van der Waals surface area (Å²) >= 11 is 12.1. The summed E-state index contributed by atoms with van der Waals surface area (Å²) in [7, 11) is -3.83. The van der Waals surface area contributed by atoms with Crippen molar-refractivity contribution in [2.75, 3.05) is 26.2 Å². The second-order valence-corrected chi connectivity index (χ2v) is 8.35. The molecule has 0 atom stereocenters. The summed E-state index contributed by atoms with van der Waals surface area (Å²) in [4.78, 5) is -0.0745. The zero-order valence-corrected chi connectivity index (χ0v) is 18.4. The summed E-state index contributed by atoms with van der Waals surface area (Å²) in [6.45, 7) is 1.81. The normalized spacial score (nSPS) is 14.3. The molecular weight excluding hydrogens is 468 g/mol. The zero-order valence-electron chi connectivity index (χ0n) is 14.4. The summed E-state index contributed by atoms with van der Waals surface area (Å²) in [6.07, 6.45) is 0. The van der Waals surface area contributed by atoms with Gasteiger partial charge in [0.2, 0.25) is 10.0 Å². The largest absolute Gasteiger partial charge is 0.454 e. The van der Waals surface area contributed by atoms with E-state index in [0.717, 1.165) is 0 Å². The predicted molar refractivity (Wildman–Crippen MR) is 114 cm³/mol. The fourth-order valence-electron chi connectivity index (χ4n) is 2.56. The molecular formula is C17H17Cl4N3O3S. The van der Waals surface area contributed by atoms with E-state index in [4.69, 9.17) is 33.2 Å². The molecule has 2 aromatic rings. The lowest BCUT2D eigenvalue weighted by atomic mass is 10.2. The third kappa shape index (κ3) is 5.43. The Kier molecular flexibility index (Phi) is 9.31. The van der Waals surface area contributed by atoms with Gasteiger partial charge in [0.15, 0.2) is 0 Å². The molecule has 0 radical (unpaired) electrons. The van der Waals surface area contributed by atoms with Crippen molar-refractivity contribution in [1.29, 1.82) is 5.26 Å². The standard InChI is InChI=1S/C17H15Cl2N3O3S.2ClH/c18-13-2-3-14(19)16(10-13)25-15-4-1-12(11-20)9-17(15)26(23,24)22-7-5-21-6-8-22;;/h1-4,9-10,21H,5-8H2;2*1H. The van der Waals surface area contributed by atoms with Crippen LogP contribution in [0.15, 0.2) is 41.3 Å². The van der Waals surface area contributed by atoms with Crippen molar-refractivity contribution in [2.45, 2.75) is 4.90 Å². The van der Waals surface area contributed by atoms with E-state index in [1.165, 1.54) is 28.6 Å². The first kappa shape index (κ1) is 24.8. The Hall–Kier alpha value is -1.24. The minimum Gasteiger partial charge on any atom is -0.454 e. The van der Waals surface area contributed by atoms with Crippen LogP contribution in [0.5, 0.6) is 11.5 Å². The maximum absolute atomic E-state index is 13.1. The average molecular weight is 485 g/mol. The van der Waals surface area contributed by atoms with Crippen LogP contribution in [-0.2, 0) is 10.0 Å². The van der Waals surface area contributed by atoms with Gasteiger partial charge < -0.3 is 10.1 Å². The van der Waals surface area contributed by atoms with Crippen LogP contribution in [-0.4, -0.2) is 38.9 Å². The Balaban J connectivity index is 0.00000196. The fraction of sp³-hybridized carbons (Fsp3) is 0.235. The summed E-state index contributed by atoms with van der Waals surface area (Å²) in [5.74, 6) is 0.326. The van der Waals surface area contributed by atoms with Gasteiger partial charge in [-0.25, -0.2) is 8.42 Å². The van der Waals surface area contributed by atoms with E-state index in [-0.39, 0.29) is 46.8 Å². The first-order valence-electron chi connectivity index (χ1n) is 7.80. The molecule has 28 heavy (non-hydrogen) atoms. The van der Waals surface area contributed by atoms with Gasteiger partial charge in [-0.05, 0) is 30.3 Å². The van der Waals surface area contributed by atoms with Crippen LogP contribution in [0.1, 0.15) is 5.56 Å².